The molecule has 6 heteroatoms. The number of pyridine rings is 2. The number of anilines is 1. The van der Waals surface area contributed by atoms with E-state index in [1.807, 2.05) is 6.07 Å². The summed E-state index contributed by atoms with van der Waals surface area (Å²) in [6, 6.07) is 5.28. The van der Waals surface area contributed by atoms with Gasteiger partial charge in [0.25, 0.3) is 0 Å². The van der Waals surface area contributed by atoms with Crippen molar-refractivity contribution in [1.82, 2.24) is 9.97 Å². The summed E-state index contributed by atoms with van der Waals surface area (Å²) in [6.07, 6.45) is 4.70. The second-order valence-electron chi connectivity index (χ2n) is 3.58. The van der Waals surface area contributed by atoms with Crippen molar-refractivity contribution < 1.29 is 8.95 Å². The molecule has 0 aliphatic heterocycles. The molecule has 2 aromatic rings. The van der Waals surface area contributed by atoms with E-state index in [-0.39, 0.29) is 0 Å². The number of ether oxygens (including phenoxy) is 1. The summed E-state index contributed by atoms with van der Waals surface area (Å²) in [5.74, 6) is 0.795. The van der Waals surface area contributed by atoms with Crippen LogP contribution < -0.4 is 10.5 Å². The second kappa shape index (κ2) is 5.59. The number of methoxy groups -OCH3 is 1. The van der Waals surface area contributed by atoms with Gasteiger partial charge in [-0.25, -0.2) is 4.98 Å². The summed E-state index contributed by atoms with van der Waals surface area (Å²) in [5, 5.41) is 0. The Labute approximate surface area is 107 Å². The number of rotatable bonds is 4. The lowest BCUT2D eigenvalue weighted by Crippen LogP contribution is -2.03. The van der Waals surface area contributed by atoms with Gasteiger partial charge in [0.15, 0.2) is 0 Å². The molecule has 0 bridgehead atoms. The molecule has 0 aliphatic rings. The minimum absolute atomic E-state index is 0.311. The lowest BCUT2D eigenvalue weighted by atomic mass is 10.3. The fourth-order valence-electron chi connectivity index (χ4n) is 1.54. The van der Waals surface area contributed by atoms with Gasteiger partial charge in [0.2, 0.25) is 5.88 Å². The van der Waals surface area contributed by atoms with Crippen molar-refractivity contribution in [1.29, 1.82) is 0 Å². The average molecular weight is 263 g/mol. The summed E-state index contributed by atoms with van der Waals surface area (Å²) in [4.78, 5) is 8.52. The standard InChI is InChI=1S/C12H13N3O2S/c1-17-12-9(3-2-5-15-12)8-18(16)11-4-6-14-7-10(11)13/h2-7H,8,13H2,1H3. The molecule has 1 unspecified atom stereocenters. The van der Waals surface area contributed by atoms with Gasteiger partial charge in [0.1, 0.15) is 0 Å². The third-order valence-corrected chi connectivity index (χ3v) is 3.82. The lowest BCUT2D eigenvalue weighted by molar-refractivity contribution is 0.394. The SMILES string of the molecule is COc1ncccc1CS(=O)c1ccncc1N. The van der Waals surface area contributed by atoms with E-state index in [1.54, 1.807) is 24.5 Å². The maximum atomic E-state index is 12.2. The van der Waals surface area contributed by atoms with E-state index in [0.717, 1.165) is 5.56 Å². The van der Waals surface area contributed by atoms with E-state index < -0.39 is 10.8 Å². The average Bonchev–Trinajstić information content (AvgIpc) is 2.39. The van der Waals surface area contributed by atoms with Gasteiger partial charge < -0.3 is 10.5 Å². The van der Waals surface area contributed by atoms with Crippen LogP contribution in [0.4, 0.5) is 5.69 Å². The third-order valence-electron chi connectivity index (χ3n) is 2.39. The molecule has 0 amide bonds. The minimum atomic E-state index is -1.24. The van der Waals surface area contributed by atoms with Crippen LogP contribution in [0.5, 0.6) is 5.88 Å². The van der Waals surface area contributed by atoms with Crippen LogP contribution in [-0.2, 0) is 16.6 Å². The van der Waals surface area contributed by atoms with Crippen LogP contribution in [0.15, 0.2) is 41.7 Å². The van der Waals surface area contributed by atoms with Crippen LogP contribution in [0.1, 0.15) is 5.56 Å². The van der Waals surface area contributed by atoms with Crippen molar-refractivity contribution in [2.24, 2.45) is 0 Å². The van der Waals surface area contributed by atoms with Crippen molar-refractivity contribution in [2.45, 2.75) is 10.6 Å². The molecule has 0 radical (unpaired) electrons. The molecule has 5 nitrogen and oxygen atoms in total. The van der Waals surface area contributed by atoms with Crippen LogP contribution in [0.3, 0.4) is 0 Å². The van der Waals surface area contributed by atoms with E-state index in [1.165, 1.54) is 13.3 Å². The normalized spacial score (nSPS) is 12.1. The minimum Gasteiger partial charge on any atom is -0.481 e. The molecule has 0 spiro atoms. The zero-order valence-corrected chi connectivity index (χ0v) is 10.7. The first kappa shape index (κ1) is 12.5. The van der Waals surface area contributed by atoms with Gasteiger partial charge >= 0.3 is 0 Å². The molecule has 2 rings (SSSR count). The van der Waals surface area contributed by atoms with Crippen molar-refractivity contribution in [2.75, 3.05) is 12.8 Å². The van der Waals surface area contributed by atoms with Crippen LogP contribution in [0.2, 0.25) is 0 Å². The van der Waals surface area contributed by atoms with Gasteiger partial charge in [0.05, 0.1) is 40.4 Å². The van der Waals surface area contributed by atoms with Crippen molar-refractivity contribution in [3.8, 4) is 5.88 Å². The Balaban J connectivity index is 2.24. The number of nitrogen functional groups attached to an aromatic ring is 1. The highest BCUT2D eigenvalue weighted by atomic mass is 32.2. The van der Waals surface area contributed by atoms with Crippen molar-refractivity contribution in [3.05, 3.63) is 42.4 Å². The molecule has 2 N–H and O–H groups in total. The molecular formula is C12H13N3O2S. The molecular weight excluding hydrogens is 250 g/mol. The Bertz CT molecular complexity index is 575. The maximum absolute atomic E-state index is 12.2. The Hall–Kier alpha value is -1.95. The van der Waals surface area contributed by atoms with Gasteiger partial charge in [-0.15, -0.1) is 0 Å². The molecule has 1 atom stereocenters. The number of nitrogens with two attached hydrogens (primary N) is 1. The predicted molar refractivity (Wildman–Crippen MR) is 69.6 cm³/mol. The molecule has 0 fully saturated rings. The Morgan fingerprint density at radius 2 is 2.22 bits per heavy atom. The summed E-state index contributed by atoms with van der Waals surface area (Å²) in [5.41, 5.74) is 6.96. The van der Waals surface area contributed by atoms with E-state index in [9.17, 15) is 4.21 Å². The van der Waals surface area contributed by atoms with Gasteiger partial charge in [0, 0.05) is 18.0 Å². The predicted octanol–water partition coefficient (Wildman–Crippen LogP) is 1.38. The highest BCUT2D eigenvalue weighted by molar-refractivity contribution is 7.84. The fourth-order valence-corrected chi connectivity index (χ4v) is 2.72. The molecule has 18 heavy (non-hydrogen) atoms. The number of hydrogen-bond acceptors (Lipinski definition) is 5. The summed E-state index contributed by atoms with van der Waals surface area (Å²) < 4.78 is 17.3. The van der Waals surface area contributed by atoms with Gasteiger partial charge in [-0.1, -0.05) is 6.07 Å². The van der Waals surface area contributed by atoms with Crippen LogP contribution in [0, 0.1) is 0 Å². The van der Waals surface area contributed by atoms with E-state index in [4.69, 9.17) is 10.5 Å². The first-order valence-corrected chi connectivity index (χ1v) is 6.60. The summed E-state index contributed by atoms with van der Waals surface area (Å²) in [7, 11) is 0.294. The van der Waals surface area contributed by atoms with Gasteiger partial charge in [-0.3, -0.25) is 9.19 Å². The van der Waals surface area contributed by atoms with Gasteiger partial charge in [-0.2, -0.15) is 0 Å². The third kappa shape index (κ3) is 2.65. The highest BCUT2D eigenvalue weighted by Crippen LogP contribution is 2.21. The largest absolute Gasteiger partial charge is 0.481 e. The second-order valence-corrected chi connectivity index (χ2v) is 4.99. The molecule has 2 heterocycles. The molecule has 2 aromatic heterocycles. The van der Waals surface area contributed by atoms with E-state index >= 15 is 0 Å². The fraction of sp³-hybridized carbons (Fsp3) is 0.167. The molecule has 94 valence electrons. The Morgan fingerprint density at radius 3 is 2.94 bits per heavy atom. The molecule has 0 saturated heterocycles. The first-order chi connectivity index (χ1) is 8.72. The summed E-state index contributed by atoms with van der Waals surface area (Å²) in [6.45, 7) is 0. The highest BCUT2D eigenvalue weighted by Gasteiger charge is 2.12. The quantitative estimate of drug-likeness (QED) is 0.901. The van der Waals surface area contributed by atoms with Gasteiger partial charge in [-0.05, 0) is 12.1 Å². The molecule has 0 saturated carbocycles. The number of aromatic nitrogens is 2. The first-order valence-electron chi connectivity index (χ1n) is 5.28. The Kier molecular flexibility index (Phi) is 3.88. The van der Waals surface area contributed by atoms with E-state index in [0.29, 0.717) is 22.2 Å². The molecule has 0 aliphatic carbocycles. The monoisotopic (exact) mass is 263 g/mol. The van der Waals surface area contributed by atoms with E-state index in [2.05, 4.69) is 9.97 Å². The number of nitrogens with zero attached hydrogens (tertiary/aromatic N) is 2. The van der Waals surface area contributed by atoms with Crippen LogP contribution in [-0.4, -0.2) is 21.3 Å². The van der Waals surface area contributed by atoms with Crippen LogP contribution >= 0.6 is 0 Å². The number of hydrogen-bond donors (Lipinski definition) is 1. The zero-order valence-electron chi connectivity index (χ0n) is 9.87. The zero-order chi connectivity index (χ0) is 13.0. The Morgan fingerprint density at radius 1 is 1.39 bits per heavy atom. The summed E-state index contributed by atoms with van der Waals surface area (Å²) >= 11 is 0. The van der Waals surface area contributed by atoms with Crippen molar-refractivity contribution >= 4 is 16.5 Å². The van der Waals surface area contributed by atoms with Crippen LogP contribution in [0.25, 0.3) is 0 Å². The lowest BCUT2D eigenvalue weighted by Gasteiger charge is -2.08. The van der Waals surface area contributed by atoms with Crippen molar-refractivity contribution in [3.63, 3.8) is 0 Å². The topological polar surface area (TPSA) is 78.1 Å². The maximum Gasteiger partial charge on any atom is 0.217 e. The molecule has 0 aromatic carbocycles. The smallest absolute Gasteiger partial charge is 0.217 e.